The fourth-order valence-corrected chi connectivity index (χ4v) is 2.51. The normalized spacial score (nSPS) is 10.3. The van der Waals surface area contributed by atoms with Crippen LogP contribution in [0.5, 0.6) is 5.75 Å². The predicted molar refractivity (Wildman–Crippen MR) is 89.1 cm³/mol. The molecule has 5 heteroatoms. The van der Waals surface area contributed by atoms with E-state index in [1.807, 2.05) is 36.4 Å². The molecular weight excluding hydrogens is 340 g/mol. The SMILES string of the molecule is CCCOc1cccc(Nc2ccc(Cl)cc2Br)c1N. The van der Waals surface area contributed by atoms with E-state index in [1.54, 1.807) is 0 Å². The van der Waals surface area contributed by atoms with Gasteiger partial charge in [0.05, 0.1) is 23.7 Å². The van der Waals surface area contributed by atoms with Crippen molar-refractivity contribution in [2.75, 3.05) is 17.7 Å². The van der Waals surface area contributed by atoms with Crippen LogP contribution in [0, 0.1) is 0 Å². The highest BCUT2D eigenvalue weighted by Gasteiger charge is 2.08. The van der Waals surface area contributed by atoms with Gasteiger partial charge in [-0.25, -0.2) is 0 Å². The zero-order valence-electron chi connectivity index (χ0n) is 11.1. The zero-order chi connectivity index (χ0) is 14.5. The standard InChI is InChI=1S/C15H16BrClN2O/c1-2-8-20-14-5-3-4-13(15(14)18)19-12-7-6-10(17)9-11(12)16/h3-7,9,19H,2,8,18H2,1H3. The number of para-hydroxylation sites is 1. The van der Waals surface area contributed by atoms with Crippen LogP contribution >= 0.6 is 27.5 Å². The molecule has 0 aliphatic heterocycles. The summed E-state index contributed by atoms with van der Waals surface area (Å²) in [6, 6.07) is 11.2. The Morgan fingerprint density at radius 1 is 1.25 bits per heavy atom. The van der Waals surface area contributed by atoms with Crippen LogP contribution in [0.4, 0.5) is 17.1 Å². The summed E-state index contributed by atoms with van der Waals surface area (Å²) in [5, 5.41) is 3.95. The molecule has 0 spiro atoms. The number of nitrogens with two attached hydrogens (primary N) is 1. The molecule has 2 aromatic carbocycles. The van der Waals surface area contributed by atoms with Crippen LogP contribution in [0.25, 0.3) is 0 Å². The van der Waals surface area contributed by atoms with Gasteiger partial charge in [-0.15, -0.1) is 0 Å². The maximum absolute atomic E-state index is 6.12. The average molecular weight is 356 g/mol. The molecule has 0 aliphatic carbocycles. The van der Waals surface area contributed by atoms with Crippen LogP contribution in [-0.4, -0.2) is 6.61 Å². The number of benzene rings is 2. The minimum Gasteiger partial charge on any atom is -0.491 e. The summed E-state index contributed by atoms with van der Waals surface area (Å²) < 4.78 is 6.49. The summed E-state index contributed by atoms with van der Waals surface area (Å²) in [6.45, 7) is 2.71. The molecule has 106 valence electrons. The van der Waals surface area contributed by atoms with E-state index in [9.17, 15) is 0 Å². The highest BCUT2D eigenvalue weighted by atomic mass is 79.9. The first-order valence-electron chi connectivity index (χ1n) is 6.35. The van der Waals surface area contributed by atoms with Crippen molar-refractivity contribution >= 4 is 44.6 Å². The lowest BCUT2D eigenvalue weighted by Gasteiger charge is -2.14. The number of anilines is 3. The van der Waals surface area contributed by atoms with E-state index in [0.29, 0.717) is 23.1 Å². The molecular formula is C15H16BrClN2O. The summed E-state index contributed by atoms with van der Waals surface area (Å²) >= 11 is 9.40. The highest BCUT2D eigenvalue weighted by Crippen LogP contribution is 2.34. The maximum atomic E-state index is 6.12. The second kappa shape index (κ2) is 6.86. The number of halogens is 2. The van der Waals surface area contributed by atoms with Gasteiger partial charge in [0, 0.05) is 9.50 Å². The van der Waals surface area contributed by atoms with Crippen LogP contribution < -0.4 is 15.8 Å². The van der Waals surface area contributed by atoms with E-state index in [1.165, 1.54) is 0 Å². The van der Waals surface area contributed by atoms with Crippen molar-refractivity contribution in [3.8, 4) is 5.75 Å². The van der Waals surface area contributed by atoms with Gasteiger partial charge >= 0.3 is 0 Å². The summed E-state index contributed by atoms with van der Waals surface area (Å²) in [4.78, 5) is 0. The number of rotatable bonds is 5. The third kappa shape index (κ3) is 3.58. The largest absolute Gasteiger partial charge is 0.491 e. The van der Waals surface area contributed by atoms with E-state index in [4.69, 9.17) is 22.1 Å². The first kappa shape index (κ1) is 15.0. The Morgan fingerprint density at radius 3 is 2.75 bits per heavy atom. The first-order chi connectivity index (χ1) is 9.61. The molecule has 3 nitrogen and oxygen atoms in total. The monoisotopic (exact) mass is 354 g/mol. The lowest BCUT2D eigenvalue weighted by molar-refractivity contribution is 0.319. The van der Waals surface area contributed by atoms with E-state index in [0.717, 1.165) is 22.3 Å². The number of ether oxygens (including phenoxy) is 1. The number of nitrogen functional groups attached to an aromatic ring is 1. The second-order valence-electron chi connectivity index (χ2n) is 4.32. The lowest BCUT2D eigenvalue weighted by atomic mass is 10.2. The van der Waals surface area contributed by atoms with Crippen LogP contribution in [0.1, 0.15) is 13.3 Å². The van der Waals surface area contributed by atoms with Crippen LogP contribution in [-0.2, 0) is 0 Å². The first-order valence-corrected chi connectivity index (χ1v) is 7.52. The van der Waals surface area contributed by atoms with Crippen molar-refractivity contribution in [1.82, 2.24) is 0 Å². The fraction of sp³-hybridized carbons (Fsp3) is 0.200. The Morgan fingerprint density at radius 2 is 2.05 bits per heavy atom. The highest BCUT2D eigenvalue weighted by molar-refractivity contribution is 9.10. The molecule has 0 radical (unpaired) electrons. The van der Waals surface area contributed by atoms with E-state index >= 15 is 0 Å². The van der Waals surface area contributed by atoms with E-state index in [-0.39, 0.29) is 0 Å². The molecule has 0 aliphatic rings. The minimum absolute atomic E-state index is 0.600. The van der Waals surface area contributed by atoms with Crippen molar-refractivity contribution in [2.24, 2.45) is 0 Å². The fourth-order valence-electron chi connectivity index (χ4n) is 1.73. The molecule has 3 N–H and O–H groups in total. The molecule has 0 unspecified atom stereocenters. The second-order valence-corrected chi connectivity index (χ2v) is 5.61. The smallest absolute Gasteiger partial charge is 0.144 e. The molecule has 0 saturated carbocycles. The molecule has 0 saturated heterocycles. The van der Waals surface area contributed by atoms with Gasteiger partial charge in [-0.2, -0.15) is 0 Å². The van der Waals surface area contributed by atoms with Gasteiger partial charge in [0.25, 0.3) is 0 Å². The Kier molecular flexibility index (Phi) is 5.15. The van der Waals surface area contributed by atoms with Crippen molar-refractivity contribution in [2.45, 2.75) is 13.3 Å². The van der Waals surface area contributed by atoms with E-state index < -0.39 is 0 Å². The third-order valence-corrected chi connectivity index (χ3v) is 3.62. The van der Waals surface area contributed by atoms with Crippen LogP contribution in [0.2, 0.25) is 5.02 Å². The molecule has 0 atom stereocenters. The molecule has 2 rings (SSSR count). The van der Waals surface area contributed by atoms with Crippen molar-refractivity contribution in [1.29, 1.82) is 0 Å². The van der Waals surface area contributed by atoms with Gasteiger partial charge in [-0.1, -0.05) is 24.6 Å². The molecule has 0 fully saturated rings. The number of nitrogens with one attached hydrogen (secondary N) is 1. The quantitative estimate of drug-likeness (QED) is 0.723. The molecule has 20 heavy (non-hydrogen) atoms. The van der Waals surface area contributed by atoms with Gasteiger partial charge < -0.3 is 15.8 Å². The Bertz CT molecular complexity index is 604. The summed E-state index contributed by atoms with van der Waals surface area (Å²) in [5.41, 5.74) is 8.43. The molecule has 0 heterocycles. The van der Waals surface area contributed by atoms with Crippen molar-refractivity contribution < 1.29 is 4.74 Å². The summed E-state index contributed by atoms with van der Waals surface area (Å²) in [7, 11) is 0. The average Bonchev–Trinajstić information content (AvgIpc) is 2.42. The van der Waals surface area contributed by atoms with Crippen molar-refractivity contribution in [3.63, 3.8) is 0 Å². The van der Waals surface area contributed by atoms with Gasteiger partial charge in [-0.3, -0.25) is 0 Å². The zero-order valence-corrected chi connectivity index (χ0v) is 13.5. The van der Waals surface area contributed by atoms with Crippen molar-refractivity contribution in [3.05, 3.63) is 45.9 Å². The number of hydrogen-bond acceptors (Lipinski definition) is 3. The predicted octanol–water partition coefficient (Wildman–Crippen LogP) is 5.22. The molecule has 2 aromatic rings. The number of hydrogen-bond donors (Lipinski definition) is 2. The van der Waals surface area contributed by atoms with E-state index in [2.05, 4.69) is 28.2 Å². The molecule has 0 amide bonds. The summed E-state index contributed by atoms with van der Waals surface area (Å²) in [6.07, 6.45) is 0.944. The minimum atomic E-state index is 0.600. The van der Waals surface area contributed by atoms with Gasteiger partial charge in [0.1, 0.15) is 5.75 Å². The lowest BCUT2D eigenvalue weighted by Crippen LogP contribution is -2.02. The Balaban J connectivity index is 2.24. The van der Waals surface area contributed by atoms with Gasteiger partial charge in [-0.05, 0) is 52.7 Å². The molecule has 0 aromatic heterocycles. The summed E-state index contributed by atoms with van der Waals surface area (Å²) in [5.74, 6) is 0.696. The van der Waals surface area contributed by atoms with Gasteiger partial charge in [0.2, 0.25) is 0 Å². The third-order valence-electron chi connectivity index (χ3n) is 2.73. The Labute approximate surface area is 132 Å². The topological polar surface area (TPSA) is 47.3 Å². The van der Waals surface area contributed by atoms with Crippen LogP contribution in [0.15, 0.2) is 40.9 Å². The molecule has 0 bridgehead atoms. The maximum Gasteiger partial charge on any atom is 0.144 e. The van der Waals surface area contributed by atoms with Crippen LogP contribution in [0.3, 0.4) is 0 Å². The Hall–Kier alpha value is -1.39. The van der Waals surface area contributed by atoms with Gasteiger partial charge in [0.15, 0.2) is 0 Å².